The Bertz CT molecular complexity index is 655. The van der Waals surface area contributed by atoms with Crippen LogP contribution in [0.1, 0.15) is 24.6 Å². The van der Waals surface area contributed by atoms with Crippen LogP contribution in [0.2, 0.25) is 0 Å². The number of pyridine rings is 1. The van der Waals surface area contributed by atoms with Gasteiger partial charge in [0.25, 0.3) is 0 Å². The van der Waals surface area contributed by atoms with Crippen molar-refractivity contribution in [2.75, 3.05) is 0 Å². The van der Waals surface area contributed by atoms with Crippen LogP contribution in [0.25, 0.3) is 0 Å². The maximum absolute atomic E-state index is 11.5. The fourth-order valence-electron chi connectivity index (χ4n) is 1.61. The summed E-state index contributed by atoms with van der Waals surface area (Å²) in [6.07, 6.45) is 2.49. The first kappa shape index (κ1) is 13.4. The number of H-pyrrole nitrogens is 1. The molecule has 0 aliphatic rings. The zero-order chi connectivity index (χ0) is 13.7. The van der Waals surface area contributed by atoms with Gasteiger partial charge in [0.15, 0.2) is 5.16 Å². The predicted molar refractivity (Wildman–Crippen MR) is 71.7 cm³/mol. The quantitative estimate of drug-likeness (QED) is 0.836. The summed E-state index contributed by atoms with van der Waals surface area (Å²) in [6, 6.07) is 5.59. The Morgan fingerprint density at radius 3 is 3.16 bits per heavy atom. The van der Waals surface area contributed by atoms with Gasteiger partial charge in [0.05, 0.1) is 0 Å². The lowest BCUT2D eigenvalue weighted by molar-refractivity contribution is 0.604. The molecule has 7 heteroatoms. The fraction of sp³-hybridized carbons (Fsp3) is 0.333. The smallest absolute Gasteiger partial charge is 0.270 e. The Hall–Kier alpha value is -2.07. The molecule has 0 bridgehead atoms. The summed E-state index contributed by atoms with van der Waals surface area (Å²) < 4.78 is 1.62. The standard InChI is InChI=1S/C12H13N5OS/c1-2-5-17-11(18)15-16-12(17)19-8-9-3-4-14-10(6-9)7-13/h3-4,6H,2,5,8H2,1H3,(H,15,18). The van der Waals surface area contributed by atoms with Gasteiger partial charge in [-0.2, -0.15) is 5.26 Å². The van der Waals surface area contributed by atoms with Crippen molar-refractivity contribution in [3.63, 3.8) is 0 Å². The van der Waals surface area contributed by atoms with E-state index in [4.69, 9.17) is 5.26 Å². The lowest BCUT2D eigenvalue weighted by Gasteiger charge is -2.03. The average Bonchev–Trinajstić information content (AvgIpc) is 2.78. The second-order valence-electron chi connectivity index (χ2n) is 3.91. The van der Waals surface area contributed by atoms with E-state index in [1.807, 2.05) is 19.1 Å². The van der Waals surface area contributed by atoms with Crippen LogP contribution in [0.15, 0.2) is 28.3 Å². The number of hydrogen-bond donors (Lipinski definition) is 1. The topological polar surface area (TPSA) is 87.4 Å². The molecule has 0 amide bonds. The molecule has 0 radical (unpaired) electrons. The SMILES string of the molecule is CCCn1c(SCc2ccnc(C#N)c2)n[nH]c1=O. The average molecular weight is 275 g/mol. The van der Waals surface area contributed by atoms with E-state index >= 15 is 0 Å². The highest BCUT2D eigenvalue weighted by molar-refractivity contribution is 7.98. The molecule has 0 saturated heterocycles. The van der Waals surface area contributed by atoms with E-state index in [0.29, 0.717) is 23.1 Å². The minimum Gasteiger partial charge on any atom is -0.270 e. The van der Waals surface area contributed by atoms with Gasteiger partial charge in [0.2, 0.25) is 0 Å². The van der Waals surface area contributed by atoms with Crippen LogP contribution in [0.3, 0.4) is 0 Å². The molecule has 0 unspecified atom stereocenters. The highest BCUT2D eigenvalue weighted by Gasteiger charge is 2.08. The first-order chi connectivity index (χ1) is 9.24. The molecular weight excluding hydrogens is 262 g/mol. The summed E-state index contributed by atoms with van der Waals surface area (Å²) in [6.45, 7) is 2.66. The van der Waals surface area contributed by atoms with Gasteiger partial charge in [-0.05, 0) is 24.1 Å². The van der Waals surface area contributed by atoms with Crippen molar-refractivity contribution in [3.05, 3.63) is 40.1 Å². The molecule has 0 saturated carbocycles. The van der Waals surface area contributed by atoms with Crippen LogP contribution in [-0.4, -0.2) is 19.7 Å². The van der Waals surface area contributed by atoms with Gasteiger partial charge >= 0.3 is 5.69 Å². The molecule has 2 heterocycles. The van der Waals surface area contributed by atoms with E-state index in [9.17, 15) is 4.79 Å². The van der Waals surface area contributed by atoms with Crippen molar-refractivity contribution in [3.8, 4) is 6.07 Å². The van der Waals surface area contributed by atoms with Crippen molar-refractivity contribution >= 4 is 11.8 Å². The van der Waals surface area contributed by atoms with Crippen LogP contribution in [0, 0.1) is 11.3 Å². The maximum atomic E-state index is 11.5. The lowest BCUT2D eigenvalue weighted by Crippen LogP contribution is -2.17. The van der Waals surface area contributed by atoms with E-state index in [1.54, 1.807) is 16.8 Å². The van der Waals surface area contributed by atoms with Crippen molar-refractivity contribution in [1.82, 2.24) is 19.7 Å². The van der Waals surface area contributed by atoms with E-state index in [0.717, 1.165) is 12.0 Å². The van der Waals surface area contributed by atoms with Gasteiger partial charge in [-0.3, -0.25) is 4.57 Å². The van der Waals surface area contributed by atoms with Gasteiger partial charge in [0, 0.05) is 18.5 Å². The van der Waals surface area contributed by atoms with Crippen molar-refractivity contribution < 1.29 is 0 Å². The van der Waals surface area contributed by atoms with Gasteiger partial charge in [-0.1, -0.05) is 18.7 Å². The predicted octanol–water partition coefficient (Wildman–Crippen LogP) is 1.54. The van der Waals surface area contributed by atoms with Crippen LogP contribution in [0.5, 0.6) is 0 Å². The van der Waals surface area contributed by atoms with E-state index in [1.165, 1.54) is 11.8 Å². The zero-order valence-electron chi connectivity index (χ0n) is 10.5. The van der Waals surface area contributed by atoms with E-state index in [-0.39, 0.29) is 5.69 Å². The Morgan fingerprint density at radius 2 is 2.42 bits per heavy atom. The first-order valence-corrected chi connectivity index (χ1v) is 6.86. The van der Waals surface area contributed by atoms with Gasteiger partial charge in [0.1, 0.15) is 11.8 Å². The summed E-state index contributed by atoms with van der Waals surface area (Å²) in [5, 5.41) is 15.9. The molecule has 6 nitrogen and oxygen atoms in total. The lowest BCUT2D eigenvalue weighted by atomic mass is 10.2. The Kier molecular flexibility index (Phi) is 4.36. The number of thioether (sulfide) groups is 1. The van der Waals surface area contributed by atoms with E-state index < -0.39 is 0 Å². The maximum Gasteiger partial charge on any atom is 0.343 e. The normalized spacial score (nSPS) is 10.3. The molecule has 0 aromatic carbocycles. The summed E-state index contributed by atoms with van der Waals surface area (Å²) >= 11 is 1.46. The summed E-state index contributed by atoms with van der Waals surface area (Å²) in [4.78, 5) is 15.4. The molecule has 2 aromatic heterocycles. The molecule has 0 atom stereocenters. The Morgan fingerprint density at radius 1 is 1.58 bits per heavy atom. The number of nitrogens with one attached hydrogen (secondary N) is 1. The Labute approximate surface area is 114 Å². The summed E-state index contributed by atoms with van der Waals surface area (Å²) in [5.41, 5.74) is 1.19. The third-order valence-corrected chi connectivity index (χ3v) is 3.52. The van der Waals surface area contributed by atoms with Crippen LogP contribution < -0.4 is 5.69 Å². The third kappa shape index (κ3) is 3.23. The van der Waals surface area contributed by atoms with Crippen molar-refractivity contribution in [2.24, 2.45) is 0 Å². The summed E-state index contributed by atoms with van der Waals surface area (Å²) in [7, 11) is 0. The molecule has 2 rings (SSSR count). The minimum absolute atomic E-state index is 0.184. The molecule has 19 heavy (non-hydrogen) atoms. The number of hydrogen-bond acceptors (Lipinski definition) is 5. The fourth-order valence-corrected chi connectivity index (χ4v) is 2.52. The number of nitriles is 1. The zero-order valence-corrected chi connectivity index (χ0v) is 11.3. The second kappa shape index (κ2) is 6.20. The number of aromatic amines is 1. The van der Waals surface area contributed by atoms with Crippen LogP contribution >= 0.6 is 11.8 Å². The Balaban J connectivity index is 2.10. The van der Waals surface area contributed by atoms with Gasteiger partial charge < -0.3 is 0 Å². The minimum atomic E-state index is -0.184. The first-order valence-electron chi connectivity index (χ1n) is 5.87. The third-order valence-electron chi connectivity index (χ3n) is 2.48. The molecule has 1 N–H and O–H groups in total. The van der Waals surface area contributed by atoms with Gasteiger partial charge in [-0.15, -0.1) is 5.10 Å². The van der Waals surface area contributed by atoms with Crippen molar-refractivity contribution in [2.45, 2.75) is 30.8 Å². The second-order valence-corrected chi connectivity index (χ2v) is 4.86. The van der Waals surface area contributed by atoms with Gasteiger partial charge in [-0.25, -0.2) is 14.9 Å². The molecule has 0 aliphatic carbocycles. The molecule has 98 valence electrons. The molecule has 0 spiro atoms. The monoisotopic (exact) mass is 275 g/mol. The van der Waals surface area contributed by atoms with Crippen LogP contribution in [-0.2, 0) is 12.3 Å². The van der Waals surface area contributed by atoms with Crippen LogP contribution in [0.4, 0.5) is 0 Å². The highest BCUT2D eigenvalue weighted by atomic mass is 32.2. The van der Waals surface area contributed by atoms with Crippen molar-refractivity contribution in [1.29, 1.82) is 5.26 Å². The largest absolute Gasteiger partial charge is 0.343 e. The molecule has 0 fully saturated rings. The molecule has 0 aliphatic heterocycles. The number of aromatic nitrogens is 4. The number of rotatable bonds is 5. The van der Waals surface area contributed by atoms with E-state index in [2.05, 4.69) is 15.2 Å². The highest BCUT2D eigenvalue weighted by Crippen LogP contribution is 2.19. The number of nitrogens with zero attached hydrogens (tertiary/aromatic N) is 4. The molecule has 2 aromatic rings. The summed E-state index contributed by atoms with van der Waals surface area (Å²) in [5.74, 6) is 0.644. The molecular formula is C12H13N5OS.